The topological polar surface area (TPSA) is 118 Å². The van der Waals surface area contributed by atoms with Crippen LogP contribution in [0.15, 0.2) is 47.4 Å². The molecular formula is C15H13F2N3O5S. The number of nitrogens with one attached hydrogen (secondary N) is 2. The number of rotatable bonds is 7. The Balaban J connectivity index is 1.90. The molecule has 11 heteroatoms. The van der Waals surface area contributed by atoms with Crippen LogP contribution in [0.2, 0.25) is 0 Å². The van der Waals surface area contributed by atoms with E-state index in [1.807, 2.05) is 0 Å². The summed E-state index contributed by atoms with van der Waals surface area (Å²) >= 11 is 0. The summed E-state index contributed by atoms with van der Waals surface area (Å²) in [5, 5.41) is 12.8. The first-order valence-corrected chi connectivity index (χ1v) is 8.66. The molecular weight excluding hydrogens is 372 g/mol. The minimum atomic E-state index is -3.93. The number of sulfonamides is 1. The molecule has 8 nitrogen and oxygen atoms in total. The molecule has 0 aliphatic carbocycles. The van der Waals surface area contributed by atoms with Crippen LogP contribution in [-0.2, 0) is 10.0 Å². The Morgan fingerprint density at radius 2 is 1.73 bits per heavy atom. The maximum Gasteiger partial charge on any atom is 0.269 e. The van der Waals surface area contributed by atoms with Crippen molar-refractivity contribution >= 4 is 21.6 Å². The Hall–Kier alpha value is -2.92. The van der Waals surface area contributed by atoms with Crippen molar-refractivity contribution in [1.29, 1.82) is 0 Å². The molecule has 0 aliphatic heterocycles. The van der Waals surface area contributed by atoms with Crippen LogP contribution in [0.25, 0.3) is 0 Å². The van der Waals surface area contributed by atoms with Crippen molar-refractivity contribution in [2.45, 2.75) is 4.90 Å². The van der Waals surface area contributed by atoms with Crippen LogP contribution < -0.4 is 10.0 Å². The Morgan fingerprint density at radius 1 is 1.08 bits per heavy atom. The fourth-order valence-electron chi connectivity index (χ4n) is 1.96. The number of carbonyl (C=O) groups is 1. The molecule has 0 aliphatic rings. The number of benzene rings is 2. The molecule has 0 bridgehead atoms. The summed E-state index contributed by atoms with van der Waals surface area (Å²) in [7, 11) is -3.93. The number of hydrogen-bond donors (Lipinski definition) is 2. The van der Waals surface area contributed by atoms with E-state index in [4.69, 9.17) is 0 Å². The average molecular weight is 385 g/mol. The van der Waals surface area contributed by atoms with E-state index in [1.54, 1.807) is 0 Å². The highest BCUT2D eigenvalue weighted by atomic mass is 32.2. The Labute approximate surface area is 147 Å². The van der Waals surface area contributed by atoms with Crippen LogP contribution >= 0.6 is 0 Å². The number of carbonyl (C=O) groups excluding carboxylic acids is 1. The van der Waals surface area contributed by atoms with Gasteiger partial charge in [-0.2, -0.15) is 0 Å². The molecule has 0 radical (unpaired) electrons. The highest BCUT2D eigenvalue weighted by Gasteiger charge is 2.16. The van der Waals surface area contributed by atoms with Crippen molar-refractivity contribution < 1.29 is 26.9 Å². The van der Waals surface area contributed by atoms with Gasteiger partial charge in [0.15, 0.2) is 0 Å². The second-order valence-corrected chi connectivity index (χ2v) is 6.80. The molecule has 0 saturated carbocycles. The molecule has 0 atom stereocenters. The fraction of sp³-hybridized carbons (Fsp3) is 0.133. The number of halogens is 2. The van der Waals surface area contributed by atoms with Crippen molar-refractivity contribution in [3.63, 3.8) is 0 Å². The van der Waals surface area contributed by atoms with Crippen molar-refractivity contribution in [3.8, 4) is 0 Å². The molecule has 0 unspecified atom stereocenters. The van der Waals surface area contributed by atoms with E-state index in [2.05, 4.69) is 10.0 Å². The summed E-state index contributed by atoms with van der Waals surface area (Å²) in [4.78, 5) is 21.5. The Bertz CT molecular complexity index is 933. The first-order valence-electron chi connectivity index (χ1n) is 7.18. The molecule has 26 heavy (non-hydrogen) atoms. The van der Waals surface area contributed by atoms with E-state index < -0.39 is 32.5 Å². The van der Waals surface area contributed by atoms with Crippen LogP contribution in [0.5, 0.6) is 0 Å². The minimum absolute atomic E-state index is 0.151. The molecule has 2 rings (SSSR count). The second kappa shape index (κ2) is 7.97. The van der Waals surface area contributed by atoms with Crippen LogP contribution in [0, 0.1) is 21.7 Å². The van der Waals surface area contributed by atoms with Gasteiger partial charge in [0.1, 0.15) is 11.6 Å². The quantitative estimate of drug-likeness (QED) is 0.426. The van der Waals surface area contributed by atoms with Gasteiger partial charge in [-0.15, -0.1) is 0 Å². The number of amides is 1. The Morgan fingerprint density at radius 3 is 2.31 bits per heavy atom. The third-order valence-corrected chi connectivity index (χ3v) is 4.71. The number of non-ortho nitro benzene ring substituents is 1. The molecule has 0 saturated heterocycles. The van der Waals surface area contributed by atoms with E-state index >= 15 is 0 Å². The van der Waals surface area contributed by atoms with Crippen LogP contribution in [0.3, 0.4) is 0 Å². The molecule has 138 valence electrons. The normalized spacial score (nSPS) is 11.2. The minimum Gasteiger partial charge on any atom is -0.351 e. The van der Waals surface area contributed by atoms with Gasteiger partial charge in [0, 0.05) is 31.3 Å². The molecule has 2 aromatic carbocycles. The van der Waals surface area contributed by atoms with Crippen molar-refractivity contribution in [2.75, 3.05) is 13.1 Å². The van der Waals surface area contributed by atoms with Crippen molar-refractivity contribution in [2.24, 2.45) is 0 Å². The lowest BCUT2D eigenvalue weighted by Gasteiger charge is -2.08. The van der Waals surface area contributed by atoms with Gasteiger partial charge in [0.2, 0.25) is 10.0 Å². The number of nitro benzene ring substituents is 1. The molecule has 0 aromatic heterocycles. The summed E-state index contributed by atoms with van der Waals surface area (Å²) in [5.74, 6) is -2.68. The van der Waals surface area contributed by atoms with E-state index in [9.17, 15) is 32.1 Å². The van der Waals surface area contributed by atoms with Gasteiger partial charge in [0.05, 0.1) is 15.4 Å². The third-order valence-electron chi connectivity index (χ3n) is 3.24. The van der Waals surface area contributed by atoms with E-state index in [0.29, 0.717) is 6.07 Å². The van der Waals surface area contributed by atoms with Crippen LogP contribution in [-0.4, -0.2) is 32.3 Å². The predicted octanol–water partition coefficient (Wildman–Crippen LogP) is 1.58. The van der Waals surface area contributed by atoms with Gasteiger partial charge in [-0.25, -0.2) is 21.9 Å². The number of hydrogen-bond acceptors (Lipinski definition) is 5. The monoisotopic (exact) mass is 385 g/mol. The summed E-state index contributed by atoms with van der Waals surface area (Å²) in [6, 6.07) is 6.71. The van der Waals surface area contributed by atoms with Crippen molar-refractivity contribution in [3.05, 3.63) is 69.8 Å². The van der Waals surface area contributed by atoms with Gasteiger partial charge >= 0.3 is 0 Å². The van der Waals surface area contributed by atoms with Crippen LogP contribution in [0.1, 0.15) is 10.4 Å². The van der Waals surface area contributed by atoms with E-state index in [1.165, 1.54) is 0 Å². The zero-order chi connectivity index (χ0) is 19.3. The smallest absolute Gasteiger partial charge is 0.269 e. The van der Waals surface area contributed by atoms with Gasteiger partial charge in [-0.3, -0.25) is 14.9 Å². The number of nitrogens with zero attached hydrogens (tertiary/aromatic N) is 1. The maximum atomic E-state index is 13.4. The van der Waals surface area contributed by atoms with Crippen LogP contribution in [0.4, 0.5) is 14.5 Å². The molecule has 0 spiro atoms. The summed E-state index contributed by atoms with van der Waals surface area (Å²) < 4.78 is 52.5. The van der Waals surface area contributed by atoms with Crippen molar-refractivity contribution in [1.82, 2.24) is 10.0 Å². The third kappa shape index (κ3) is 4.80. The zero-order valence-corrected chi connectivity index (χ0v) is 13.9. The number of nitro groups is 1. The lowest BCUT2D eigenvalue weighted by molar-refractivity contribution is -0.384. The van der Waals surface area contributed by atoms with Gasteiger partial charge in [0.25, 0.3) is 11.6 Å². The van der Waals surface area contributed by atoms with Gasteiger partial charge < -0.3 is 5.32 Å². The SMILES string of the molecule is O=C(NCCNS(=O)(=O)c1ccc([N+](=O)[O-])cc1)c1ccc(F)cc1F. The highest BCUT2D eigenvalue weighted by Crippen LogP contribution is 2.15. The average Bonchev–Trinajstić information content (AvgIpc) is 2.58. The molecule has 0 fully saturated rings. The van der Waals surface area contributed by atoms with Gasteiger partial charge in [-0.05, 0) is 24.3 Å². The molecule has 1 amide bonds. The predicted molar refractivity (Wildman–Crippen MR) is 87.0 cm³/mol. The molecule has 2 aromatic rings. The first-order chi connectivity index (χ1) is 12.2. The Kier molecular flexibility index (Phi) is 5.95. The lowest BCUT2D eigenvalue weighted by atomic mass is 10.2. The standard InChI is InChI=1S/C15H13F2N3O5S/c16-10-1-6-13(14(17)9-10)15(21)18-7-8-19-26(24,25)12-4-2-11(3-5-12)20(22)23/h1-6,9,19H,7-8H2,(H,18,21). The van der Waals surface area contributed by atoms with Gasteiger partial charge in [-0.1, -0.05) is 0 Å². The first kappa shape index (κ1) is 19.4. The summed E-state index contributed by atoms with van der Waals surface area (Å²) in [6.07, 6.45) is 0. The zero-order valence-electron chi connectivity index (χ0n) is 13.1. The summed E-state index contributed by atoms with van der Waals surface area (Å²) in [6.45, 7) is -0.351. The maximum absolute atomic E-state index is 13.4. The van der Waals surface area contributed by atoms with E-state index in [-0.39, 0.29) is 29.2 Å². The largest absolute Gasteiger partial charge is 0.351 e. The lowest BCUT2D eigenvalue weighted by Crippen LogP contribution is -2.35. The second-order valence-electron chi connectivity index (χ2n) is 5.03. The highest BCUT2D eigenvalue weighted by molar-refractivity contribution is 7.89. The molecule has 0 heterocycles. The summed E-state index contributed by atoms with van der Waals surface area (Å²) in [5.41, 5.74) is -0.623. The fourth-order valence-corrected chi connectivity index (χ4v) is 2.99. The van der Waals surface area contributed by atoms with E-state index in [0.717, 1.165) is 36.4 Å². The molecule has 2 N–H and O–H groups in total.